The summed E-state index contributed by atoms with van der Waals surface area (Å²) in [4.78, 5) is 22.3. The number of esters is 2. The minimum Gasteiger partial charge on any atom is -0.469 e. The standard InChI is InChI=1S/C19H36O7/c1-3-4-5-6-7-8-9-19(21)26-17-16-25-15-14-24-13-12-23-11-10-18(20)22-2/h3-17H2,1-2H3. The molecule has 0 aromatic carbocycles. The Morgan fingerprint density at radius 2 is 1.15 bits per heavy atom. The van der Waals surface area contributed by atoms with Gasteiger partial charge < -0.3 is 23.7 Å². The van der Waals surface area contributed by atoms with Crippen molar-refractivity contribution in [2.75, 3.05) is 53.4 Å². The number of methoxy groups -OCH3 is 1. The Hall–Kier alpha value is -1.18. The fraction of sp³-hybridized carbons (Fsp3) is 0.895. The minimum absolute atomic E-state index is 0.149. The molecule has 7 nitrogen and oxygen atoms in total. The largest absolute Gasteiger partial charge is 0.469 e. The van der Waals surface area contributed by atoms with E-state index in [1.165, 1.54) is 32.8 Å². The zero-order valence-corrected chi connectivity index (χ0v) is 16.5. The van der Waals surface area contributed by atoms with E-state index >= 15 is 0 Å². The Balaban J connectivity index is 3.16. The van der Waals surface area contributed by atoms with Crippen molar-refractivity contribution in [3.8, 4) is 0 Å². The van der Waals surface area contributed by atoms with Crippen molar-refractivity contribution in [1.29, 1.82) is 0 Å². The molecule has 0 heterocycles. The Kier molecular flexibility index (Phi) is 19.2. The lowest BCUT2D eigenvalue weighted by atomic mass is 10.1. The van der Waals surface area contributed by atoms with Crippen molar-refractivity contribution >= 4 is 11.9 Å². The van der Waals surface area contributed by atoms with E-state index in [4.69, 9.17) is 18.9 Å². The molecule has 0 aromatic heterocycles. The normalized spacial score (nSPS) is 10.7. The highest BCUT2D eigenvalue weighted by Gasteiger charge is 2.02. The predicted octanol–water partition coefficient (Wildman–Crippen LogP) is 2.89. The quantitative estimate of drug-likeness (QED) is 0.253. The fourth-order valence-corrected chi connectivity index (χ4v) is 2.14. The predicted molar refractivity (Wildman–Crippen MR) is 98.0 cm³/mol. The van der Waals surface area contributed by atoms with E-state index in [1.54, 1.807) is 0 Å². The van der Waals surface area contributed by atoms with E-state index in [0.29, 0.717) is 46.1 Å². The number of unbranched alkanes of at least 4 members (excludes halogenated alkanes) is 5. The Labute approximate surface area is 157 Å². The third-order valence-electron chi connectivity index (χ3n) is 3.65. The van der Waals surface area contributed by atoms with Gasteiger partial charge in [-0.2, -0.15) is 0 Å². The van der Waals surface area contributed by atoms with Crippen LogP contribution < -0.4 is 0 Å². The highest BCUT2D eigenvalue weighted by atomic mass is 16.6. The molecular weight excluding hydrogens is 340 g/mol. The molecule has 0 rings (SSSR count). The summed E-state index contributed by atoms with van der Waals surface area (Å²) in [7, 11) is 1.35. The van der Waals surface area contributed by atoms with Gasteiger partial charge in [0.25, 0.3) is 0 Å². The van der Waals surface area contributed by atoms with E-state index in [2.05, 4.69) is 11.7 Å². The van der Waals surface area contributed by atoms with E-state index in [0.717, 1.165) is 12.8 Å². The van der Waals surface area contributed by atoms with Crippen LogP contribution in [-0.2, 0) is 33.3 Å². The van der Waals surface area contributed by atoms with E-state index in [1.807, 2.05) is 0 Å². The molecule has 0 aromatic rings. The molecule has 0 aliphatic rings. The van der Waals surface area contributed by atoms with Crippen LogP contribution in [0.15, 0.2) is 0 Å². The lowest BCUT2D eigenvalue weighted by molar-refractivity contribution is -0.145. The second-order valence-corrected chi connectivity index (χ2v) is 5.90. The van der Waals surface area contributed by atoms with Gasteiger partial charge in [-0.05, 0) is 6.42 Å². The van der Waals surface area contributed by atoms with Crippen LogP contribution in [0.5, 0.6) is 0 Å². The lowest BCUT2D eigenvalue weighted by Crippen LogP contribution is -2.14. The molecule has 0 unspecified atom stereocenters. The fourth-order valence-electron chi connectivity index (χ4n) is 2.14. The molecule has 0 saturated heterocycles. The van der Waals surface area contributed by atoms with Crippen LogP contribution in [0.4, 0.5) is 0 Å². The zero-order valence-electron chi connectivity index (χ0n) is 16.5. The molecule has 0 spiro atoms. The van der Waals surface area contributed by atoms with Crippen molar-refractivity contribution < 1.29 is 33.3 Å². The van der Waals surface area contributed by atoms with Crippen LogP contribution in [0.2, 0.25) is 0 Å². The topological polar surface area (TPSA) is 80.3 Å². The average molecular weight is 376 g/mol. The van der Waals surface area contributed by atoms with Gasteiger partial charge in [0.05, 0.1) is 53.2 Å². The molecule has 7 heteroatoms. The second kappa shape index (κ2) is 20.1. The summed E-state index contributed by atoms with van der Waals surface area (Å²) < 4.78 is 25.5. The number of hydrogen-bond acceptors (Lipinski definition) is 7. The van der Waals surface area contributed by atoms with Gasteiger partial charge in [-0.3, -0.25) is 9.59 Å². The summed E-state index contributed by atoms with van der Waals surface area (Å²) in [6.45, 7) is 4.94. The highest BCUT2D eigenvalue weighted by Crippen LogP contribution is 2.07. The molecule has 0 atom stereocenters. The first-order chi connectivity index (χ1) is 12.7. The highest BCUT2D eigenvalue weighted by molar-refractivity contribution is 5.69. The van der Waals surface area contributed by atoms with Crippen LogP contribution >= 0.6 is 0 Å². The smallest absolute Gasteiger partial charge is 0.307 e. The van der Waals surface area contributed by atoms with Crippen molar-refractivity contribution in [3.63, 3.8) is 0 Å². The molecule has 0 aliphatic heterocycles. The van der Waals surface area contributed by atoms with Gasteiger partial charge in [-0.1, -0.05) is 39.0 Å². The van der Waals surface area contributed by atoms with Gasteiger partial charge in [-0.25, -0.2) is 0 Å². The number of carbonyl (C=O) groups is 2. The maximum Gasteiger partial charge on any atom is 0.307 e. The Morgan fingerprint density at radius 1 is 0.615 bits per heavy atom. The molecule has 0 fully saturated rings. The van der Waals surface area contributed by atoms with Gasteiger partial charge in [0.1, 0.15) is 6.61 Å². The summed E-state index contributed by atoms with van der Waals surface area (Å²) in [5.74, 6) is -0.434. The average Bonchev–Trinajstić information content (AvgIpc) is 2.65. The van der Waals surface area contributed by atoms with Crippen LogP contribution in [-0.4, -0.2) is 65.3 Å². The third-order valence-corrected chi connectivity index (χ3v) is 3.65. The first-order valence-electron chi connectivity index (χ1n) is 9.66. The monoisotopic (exact) mass is 376 g/mol. The maximum atomic E-state index is 11.5. The van der Waals surface area contributed by atoms with E-state index < -0.39 is 0 Å². The van der Waals surface area contributed by atoms with Gasteiger partial charge in [-0.15, -0.1) is 0 Å². The van der Waals surface area contributed by atoms with Crippen LogP contribution in [0.25, 0.3) is 0 Å². The van der Waals surface area contributed by atoms with Gasteiger partial charge in [0.15, 0.2) is 0 Å². The summed E-state index contributed by atoms with van der Waals surface area (Å²) >= 11 is 0. The number of rotatable bonds is 19. The molecular formula is C19H36O7. The summed E-state index contributed by atoms with van der Waals surface area (Å²) in [6.07, 6.45) is 7.68. The van der Waals surface area contributed by atoms with Crippen molar-refractivity contribution in [2.24, 2.45) is 0 Å². The molecule has 0 aliphatic carbocycles. The molecule has 0 radical (unpaired) electrons. The molecule has 0 saturated carbocycles. The molecule has 154 valence electrons. The zero-order chi connectivity index (χ0) is 19.3. The van der Waals surface area contributed by atoms with Crippen molar-refractivity contribution in [3.05, 3.63) is 0 Å². The van der Waals surface area contributed by atoms with Crippen LogP contribution in [0.1, 0.15) is 58.3 Å². The molecule has 26 heavy (non-hydrogen) atoms. The first-order valence-corrected chi connectivity index (χ1v) is 9.66. The maximum absolute atomic E-state index is 11.5. The van der Waals surface area contributed by atoms with Crippen molar-refractivity contribution in [1.82, 2.24) is 0 Å². The number of hydrogen-bond donors (Lipinski definition) is 0. The number of carbonyl (C=O) groups excluding carboxylic acids is 2. The summed E-state index contributed by atoms with van der Waals surface area (Å²) in [6, 6.07) is 0. The number of ether oxygens (including phenoxy) is 5. The van der Waals surface area contributed by atoms with Crippen molar-refractivity contribution in [2.45, 2.75) is 58.3 Å². The summed E-state index contributed by atoms with van der Waals surface area (Å²) in [5, 5.41) is 0. The van der Waals surface area contributed by atoms with Gasteiger partial charge >= 0.3 is 11.9 Å². The Morgan fingerprint density at radius 3 is 1.77 bits per heavy atom. The van der Waals surface area contributed by atoms with Crippen LogP contribution in [0, 0.1) is 0 Å². The van der Waals surface area contributed by atoms with E-state index in [9.17, 15) is 9.59 Å². The Bertz CT molecular complexity index is 334. The van der Waals surface area contributed by atoms with Gasteiger partial charge in [0.2, 0.25) is 0 Å². The lowest BCUT2D eigenvalue weighted by Gasteiger charge is -2.07. The van der Waals surface area contributed by atoms with Gasteiger partial charge in [0, 0.05) is 6.42 Å². The first kappa shape index (κ1) is 24.8. The minimum atomic E-state index is -0.285. The molecule has 0 bridgehead atoms. The third kappa shape index (κ3) is 19.1. The SMILES string of the molecule is CCCCCCCCC(=O)OCCOCCOCCOCCC(=O)OC. The second-order valence-electron chi connectivity index (χ2n) is 5.90. The van der Waals surface area contributed by atoms with Crippen LogP contribution in [0.3, 0.4) is 0 Å². The van der Waals surface area contributed by atoms with E-state index in [-0.39, 0.29) is 25.0 Å². The molecule has 0 N–H and O–H groups in total. The summed E-state index contributed by atoms with van der Waals surface area (Å²) in [5.41, 5.74) is 0. The molecule has 0 amide bonds.